The van der Waals surface area contributed by atoms with E-state index in [-0.39, 0.29) is 41.5 Å². The van der Waals surface area contributed by atoms with E-state index in [0.29, 0.717) is 19.1 Å². The summed E-state index contributed by atoms with van der Waals surface area (Å²) in [5, 5.41) is 6.55. The first kappa shape index (κ1) is 25.3. The number of nitrogens with one attached hydrogen (secondary N) is 3. The van der Waals surface area contributed by atoms with Crippen molar-refractivity contribution in [1.29, 1.82) is 0 Å². The van der Waals surface area contributed by atoms with Crippen LogP contribution in [0.5, 0.6) is 0 Å². The maximum absolute atomic E-state index is 12.3. The fraction of sp³-hybridized carbons (Fsp3) is 0.350. The lowest BCUT2D eigenvalue weighted by atomic mass is 10.1. The number of hydrogen-bond donors (Lipinski definition) is 3. The van der Waals surface area contributed by atoms with Crippen molar-refractivity contribution in [3.05, 3.63) is 65.7 Å². The van der Waals surface area contributed by atoms with Crippen molar-refractivity contribution >= 4 is 40.0 Å². The number of halogens is 1. The molecule has 1 atom stereocenters. The summed E-state index contributed by atoms with van der Waals surface area (Å²) in [6, 6.07) is 17.0. The van der Waals surface area contributed by atoms with E-state index in [0.717, 1.165) is 11.1 Å². The molecule has 160 valence electrons. The zero-order chi connectivity index (χ0) is 20.4. The molecule has 0 radical (unpaired) electrons. The molecule has 1 unspecified atom stereocenters. The largest absolute Gasteiger partial charge is 0.383 e. The highest BCUT2D eigenvalue weighted by Gasteiger charge is 2.14. The van der Waals surface area contributed by atoms with Crippen LogP contribution in [0, 0.1) is 0 Å². The highest BCUT2D eigenvalue weighted by Crippen LogP contribution is 2.12. The summed E-state index contributed by atoms with van der Waals surface area (Å²) in [5.74, 6) is 0.642. The highest BCUT2D eigenvalue weighted by atomic mass is 127. The Morgan fingerprint density at radius 3 is 2.52 bits per heavy atom. The molecule has 0 fully saturated rings. The van der Waals surface area contributed by atoms with Gasteiger partial charge in [-0.25, -0.2) is 13.1 Å². The Hall–Kier alpha value is -1.69. The minimum Gasteiger partial charge on any atom is -0.383 e. The lowest BCUT2D eigenvalue weighted by molar-refractivity contribution is 0.204. The summed E-state index contributed by atoms with van der Waals surface area (Å²) in [6.45, 7) is 3.06. The standard InChI is InChI=1S/C20H28N4O3S.HI/c1-16(18-9-5-4-6-10-18)24-20(21-2)22-15-17-8-7-11-19(14-17)28(25,26)23-12-13-27-3;/h4-11,14,16,23H,12-13,15H2,1-3H3,(H2,21,22,24);1H. The Bertz CT molecular complexity index is 876. The second kappa shape index (κ2) is 12.8. The normalized spacial score (nSPS) is 12.7. The molecule has 0 saturated carbocycles. The number of aliphatic imine (C=N–C) groups is 1. The lowest BCUT2D eigenvalue weighted by Gasteiger charge is -2.18. The second-order valence-electron chi connectivity index (χ2n) is 6.24. The van der Waals surface area contributed by atoms with Crippen molar-refractivity contribution in [3.63, 3.8) is 0 Å². The molecule has 0 bridgehead atoms. The highest BCUT2D eigenvalue weighted by molar-refractivity contribution is 14.0. The molecule has 0 aliphatic rings. The molecular weight excluding hydrogens is 503 g/mol. The summed E-state index contributed by atoms with van der Waals surface area (Å²) in [4.78, 5) is 4.47. The fourth-order valence-corrected chi connectivity index (χ4v) is 3.68. The van der Waals surface area contributed by atoms with Crippen molar-refractivity contribution < 1.29 is 13.2 Å². The van der Waals surface area contributed by atoms with E-state index in [1.54, 1.807) is 25.2 Å². The predicted octanol–water partition coefficient (Wildman–Crippen LogP) is 2.66. The van der Waals surface area contributed by atoms with Crippen LogP contribution in [0.4, 0.5) is 0 Å². The third-order valence-electron chi connectivity index (χ3n) is 4.14. The number of benzene rings is 2. The van der Waals surface area contributed by atoms with Gasteiger partial charge in [0.1, 0.15) is 0 Å². The summed E-state index contributed by atoms with van der Waals surface area (Å²) < 4.78 is 32.1. The quantitative estimate of drug-likeness (QED) is 0.200. The molecule has 0 heterocycles. The van der Waals surface area contributed by atoms with Crippen LogP contribution in [0.3, 0.4) is 0 Å². The monoisotopic (exact) mass is 532 g/mol. The zero-order valence-electron chi connectivity index (χ0n) is 16.9. The Labute approximate surface area is 190 Å². The second-order valence-corrected chi connectivity index (χ2v) is 8.01. The molecule has 2 aromatic rings. The third-order valence-corrected chi connectivity index (χ3v) is 5.60. The molecule has 0 aliphatic heterocycles. The lowest BCUT2D eigenvalue weighted by Crippen LogP contribution is -2.38. The van der Waals surface area contributed by atoms with Crippen LogP contribution in [0.1, 0.15) is 24.1 Å². The van der Waals surface area contributed by atoms with E-state index in [9.17, 15) is 8.42 Å². The van der Waals surface area contributed by atoms with Crippen LogP contribution in [0.25, 0.3) is 0 Å². The van der Waals surface area contributed by atoms with Gasteiger partial charge in [-0.3, -0.25) is 4.99 Å². The van der Waals surface area contributed by atoms with Gasteiger partial charge in [-0.05, 0) is 30.2 Å². The van der Waals surface area contributed by atoms with Crippen LogP contribution in [0.2, 0.25) is 0 Å². The van der Waals surface area contributed by atoms with Crippen molar-refractivity contribution in [2.45, 2.75) is 24.4 Å². The predicted molar refractivity (Wildman–Crippen MR) is 127 cm³/mol. The van der Waals surface area contributed by atoms with Gasteiger partial charge in [0, 0.05) is 27.2 Å². The average Bonchev–Trinajstić information content (AvgIpc) is 2.72. The van der Waals surface area contributed by atoms with E-state index in [2.05, 4.69) is 39.4 Å². The molecule has 3 N–H and O–H groups in total. The van der Waals surface area contributed by atoms with E-state index < -0.39 is 10.0 Å². The van der Waals surface area contributed by atoms with Crippen molar-refractivity contribution in [3.8, 4) is 0 Å². The van der Waals surface area contributed by atoms with Gasteiger partial charge in [0.15, 0.2) is 5.96 Å². The molecule has 0 amide bonds. The average molecular weight is 532 g/mol. The van der Waals surface area contributed by atoms with E-state index in [4.69, 9.17) is 4.74 Å². The van der Waals surface area contributed by atoms with Gasteiger partial charge in [-0.15, -0.1) is 24.0 Å². The van der Waals surface area contributed by atoms with Gasteiger partial charge < -0.3 is 15.4 Å². The van der Waals surface area contributed by atoms with E-state index >= 15 is 0 Å². The Morgan fingerprint density at radius 1 is 1.14 bits per heavy atom. The van der Waals surface area contributed by atoms with Crippen molar-refractivity contribution in [2.24, 2.45) is 4.99 Å². The van der Waals surface area contributed by atoms with Gasteiger partial charge >= 0.3 is 0 Å². The molecule has 0 saturated heterocycles. The Kier molecular flexibility index (Phi) is 11.2. The first-order valence-corrected chi connectivity index (χ1v) is 10.5. The first-order valence-electron chi connectivity index (χ1n) is 9.06. The number of sulfonamides is 1. The van der Waals surface area contributed by atoms with Crippen LogP contribution in [0.15, 0.2) is 64.5 Å². The summed E-state index contributed by atoms with van der Waals surface area (Å²) >= 11 is 0. The Balaban J connectivity index is 0.00000420. The van der Waals surface area contributed by atoms with Crippen LogP contribution >= 0.6 is 24.0 Å². The molecule has 0 aliphatic carbocycles. The molecule has 0 aromatic heterocycles. The summed E-state index contributed by atoms with van der Waals surface area (Å²) in [5.41, 5.74) is 1.99. The molecule has 7 nitrogen and oxygen atoms in total. The van der Waals surface area contributed by atoms with Gasteiger partial charge in [-0.2, -0.15) is 0 Å². The number of ether oxygens (including phenoxy) is 1. The van der Waals surface area contributed by atoms with Gasteiger partial charge in [0.25, 0.3) is 0 Å². The van der Waals surface area contributed by atoms with Crippen LogP contribution in [-0.2, 0) is 21.3 Å². The molecule has 2 aromatic carbocycles. The number of hydrogen-bond acceptors (Lipinski definition) is 4. The molecule has 29 heavy (non-hydrogen) atoms. The van der Waals surface area contributed by atoms with Crippen LogP contribution in [-0.4, -0.2) is 41.7 Å². The number of rotatable bonds is 9. The number of methoxy groups -OCH3 is 1. The number of nitrogens with zero attached hydrogens (tertiary/aromatic N) is 1. The third kappa shape index (κ3) is 8.29. The topological polar surface area (TPSA) is 91.8 Å². The smallest absolute Gasteiger partial charge is 0.240 e. The first-order chi connectivity index (χ1) is 13.5. The minimum absolute atomic E-state index is 0. The molecular formula is C20H29IN4O3S. The zero-order valence-corrected chi connectivity index (χ0v) is 20.0. The van der Waals surface area contributed by atoms with E-state index in [1.807, 2.05) is 24.3 Å². The SMILES string of the molecule is CN=C(NCc1cccc(S(=O)(=O)NCCOC)c1)NC(C)c1ccccc1.I. The van der Waals surface area contributed by atoms with Gasteiger partial charge in [0.05, 0.1) is 17.5 Å². The van der Waals surface area contributed by atoms with Gasteiger partial charge in [0.2, 0.25) is 10.0 Å². The van der Waals surface area contributed by atoms with E-state index in [1.165, 1.54) is 7.11 Å². The minimum atomic E-state index is -3.56. The number of guanidine groups is 1. The maximum atomic E-state index is 12.3. The fourth-order valence-electron chi connectivity index (χ4n) is 2.59. The van der Waals surface area contributed by atoms with Gasteiger partial charge in [-0.1, -0.05) is 42.5 Å². The Morgan fingerprint density at radius 2 is 1.86 bits per heavy atom. The summed E-state index contributed by atoms with van der Waals surface area (Å²) in [7, 11) is -0.328. The maximum Gasteiger partial charge on any atom is 0.240 e. The van der Waals surface area contributed by atoms with Crippen molar-refractivity contribution in [1.82, 2.24) is 15.4 Å². The summed E-state index contributed by atoms with van der Waals surface area (Å²) in [6.07, 6.45) is 0. The molecule has 9 heteroatoms. The molecule has 0 spiro atoms. The van der Waals surface area contributed by atoms with Crippen LogP contribution < -0.4 is 15.4 Å². The molecule has 2 rings (SSSR count). The van der Waals surface area contributed by atoms with Crippen molar-refractivity contribution in [2.75, 3.05) is 27.3 Å².